The lowest BCUT2D eigenvalue weighted by atomic mass is 10.0. The Kier molecular flexibility index (Phi) is 6.80. The summed E-state index contributed by atoms with van der Waals surface area (Å²) in [6.07, 6.45) is 1.94. The Morgan fingerprint density at radius 1 is 1.43 bits per heavy atom. The molecule has 0 aliphatic carbocycles. The number of aryl methyl sites for hydroxylation is 1. The van der Waals surface area contributed by atoms with Crippen LogP contribution in [0.1, 0.15) is 18.4 Å². The molecule has 128 valence electrons. The van der Waals surface area contributed by atoms with E-state index in [2.05, 4.69) is 10.2 Å². The molecule has 0 bridgehead atoms. The number of nitrogens with one attached hydrogen (secondary N) is 1. The Hall–Kier alpha value is -1.66. The van der Waals surface area contributed by atoms with Crippen LogP contribution in [0.5, 0.6) is 0 Å². The van der Waals surface area contributed by atoms with Crippen LogP contribution in [0.3, 0.4) is 0 Å². The molecule has 1 amide bonds. The summed E-state index contributed by atoms with van der Waals surface area (Å²) in [5, 5.41) is 3.01. The lowest BCUT2D eigenvalue weighted by Crippen LogP contribution is -2.48. The van der Waals surface area contributed by atoms with Crippen LogP contribution >= 0.6 is 0 Å². The third-order valence-corrected chi connectivity index (χ3v) is 3.95. The van der Waals surface area contributed by atoms with Crippen molar-refractivity contribution < 1.29 is 18.7 Å². The van der Waals surface area contributed by atoms with Gasteiger partial charge in [-0.05, 0) is 43.5 Å². The summed E-state index contributed by atoms with van der Waals surface area (Å²) in [6, 6.07) is 4.92. The minimum Gasteiger partial charge on any atom is -0.382 e. The molecule has 1 atom stereocenters. The molecule has 1 aliphatic heterocycles. The second-order valence-corrected chi connectivity index (χ2v) is 5.83. The van der Waals surface area contributed by atoms with Gasteiger partial charge in [0.25, 0.3) is 0 Å². The summed E-state index contributed by atoms with van der Waals surface area (Å²) in [5.74, 6) is -0.329. The molecule has 23 heavy (non-hydrogen) atoms. The number of benzene rings is 1. The maximum absolute atomic E-state index is 13.2. The second kappa shape index (κ2) is 8.84. The molecule has 1 aliphatic rings. The summed E-state index contributed by atoms with van der Waals surface area (Å²) in [4.78, 5) is 14.1. The molecule has 0 saturated carbocycles. The van der Waals surface area contributed by atoms with Crippen molar-refractivity contribution in [1.29, 1.82) is 0 Å². The Labute approximate surface area is 136 Å². The van der Waals surface area contributed by atoms with Crippen LogP contribution in [0.2, 0.25) is 0 Å². The first-order valence-electron chi connectivity index (χ1n) is 7.97. The zero-order chi connectivity index (χ0) is 16.7. The Morgan fingerprint density at radius 2 is 2.26 bits per heavy atom. The molecule has 0 radical (unpaired) electrons. The first-order chi connectivity index (χ1) is 11.1. The van der Waals surface area contributed by atoms with Crippen molar-refractivity contribution in [1.82, 2.24) is 5.32 Å². The Balaban J connectivity index is 1.84. The van der Waals surface area contributed by atoms with Gasteiger partial charge in [0.1, 0.15) is 12.4 Å². The fraction of sp³-hybridized carbons (Fsp3) is 0.588. The minimum atomic E-state index is -0.221. The lowest BCUT2D eigenvalue weighted by Gasteiger charge is -2.35. The Morgan fingerprint density at radius 3 is 3.00 bits per heavy atom. The van der Waals surface area contributed by atoms with Gasteiger partial charge in [-0.1, -0.05) is 0 Å². The molecule has 0 unspecified atom stereocenters. The predicted molar refractivity (Wildman–Crippen MR) is 87.2 cm³/mol. The number of piperidine rings is 1. The van der Waals surface area contributed by atoms with Gasteiger partial charge in [0.15, 0.2) is 0 Å². The molecule has 0 aromatic heterocycles. The molecule has 1 heterocycles. The average Bonchev–Trinajstić information content (AvgIpc) is 2.52. The van der Waals surface area contributed by atoms with E-state index in [1.807, 2.05) is 13.0 Å². The van der Waals surface area contributed by atoms with E-state index in [1.54, 1.807) is 13.2 Å². The standard InChI is InChI=1S/C17H25FN2O3/c1-13-10-14(18)5-6-16(13)20-7-3-4-15(11-20)19-17(21)12-23-9-8-22-2/h5-6,10,15H,3-4,7-9,11-12H2,1-2H3,(H,19,21)/t15-/m1/s1. The largest absolute Gasteiger partial charge is 0.382 e. The zero-order valence-electron chi connectivity index (χ0n) is 13.8. The van der Waals surface area contributed by atoms with Crippen LogP contribution in [-0.2, 0) is 14.3 Å². The van der Waals surface area contributed by atoms with Crippen LogP contribution < -0.4 is 10.2 Å². The molecule has 1 fully saturated rings. The summed E-state index contributed by atoms with van der Waals surface area (Å²) < 4.78 is 23.3. The highest BCUT2D eigenvalue weighted by molar-refractivity contribution is 5.77. The number of halogens is 1. The molecule has 1 aromatic carbocycles. The van der Waals surface area contributed by atoms with E-state index in [1.165, 1.54) is 6.07 Å². The third kappa shape index (κ3) is 5.48. The number of amides is 1. The Bertz CT molecular complexity index is 525. The van der Waals surface area contributed by atoms with Gasteiger partial charge in [0.2, 0.25) is 5.91 Å². The van der Waals surface area contributed by atoms with Gasteiger partial charge in [-0.15, -0.1) is 0 Å². The maximum Gasteiger partial charge on any atom is 0.246 e. The number of ether oxygens (including phenoxy) is 2. The maximum atomic E-state index is 13.2. The van der Waals surface area contributed by atoms with E-state index in [0.717, 1.165) is 37.2 Å². The summed E-state index contributed by atoms with van der Waals surface area (Å²) >= 11 is 0. The molecule has 2 rings (SSSR count). The van der Waals surface area contributed by atoms with Gasteiger partial charge in [-0.25, -0.2) is 4.39 Å². The smallest absolute Gasteiger partial charge is 0.246 e. The minimum absolute atomic E-state index is 0.0510. The third-order valence-electron chi connectivity index (χ3n) is 3.95. The van der Waals surface area contributed by atoms with E-state index in [-0.39, 0.29) is 24.4 Å². The average molecular weight is 324 g/mol. The van der Waals surface area contributed by atoms with Crippen molar-refractivity contribution in [2.45, 2.75) is 25.8 Å². The SMILES string of the molecule is COCCOCC(=O)N[C@@H]1CCCN(c2ccc(F)cc2C)C1. The predicted octanol–water partition coefficient (Wildman–Crippen LogP) is 1.88. The van der Waals surface area contributed by atoms with Crippen molar-refractivity contribution >= 4 is 11.6 Å². The molecule has 5 nitrogen and oxygen atoms in total. The van der Waals surface area contributed by atoms with Crippen molar-refractivity contribution in [2.24, 2.45) is 0 Å². The number of hydrogen-bond acceptors (Lipinski definition) is 4. The van der Waals surface area contributed by atoms with Gasteiger partial charge >= 0.3 is 0 Å². The van der Waals surface area contributed by atoms with Crippen LogP contribution in [0.4, 0.5) is 10.1 Å². The number of hydrogen-bond donors (Lipinski definition) is 1. The highest BCUT2D eigenvalue weighted by Gasteiger charge is 2.22. The van der Waals surface area contributed by atoms with Crippen molar-refractivity contribution in [3.05, 3.63) is 29.6 Å². The summed E-state index contributed by atoms with van der Waals surface area (Å²) in [7, 11) is 1.59. The quantitative estimate of drug-likeness (QED) is 0.778. The van der Waals surface area contributed by atoms with Gasteiger partial charge in [0, 0.05) is 31.9 Å². The summed E-state index contributed by atoms with van der Waals surface area (Å²) in [6.45, 7) is 4.50. The van der Waals surface area contributed by atoms with Crippen LogP contribution in [-0.4, -0.2) is 52.0 Å². The fourth-order valence-electron chi connectivity index (χ4n) is 2.86. The van der Waals surface area contributed by atoms with E-state index in [0.29, 0.717) is 13.2 Å². The number of rotatable bonds is 7. The number of methoxy groups -OCH3 is 1. The molecular weight excluding hydrogens is 299 g/mol. The van der Waals surface area contributed by atoms with Gasteiger partial charge in [0.05, 0.1) is 13.2 Å². The topological polar surface area (TPSA) is 50.8 Å². The first kappa shape index (κ1) is 17.7. The van der Waals surface area contributed by atoms with Crippen LogP contribution in [0, 0.1) is 12.7 Å². The van der Waals surface area contributed by atoms with Crippen LogP contribution in [0.15, 0.2) is 18.2 Å². The van der Waals surface area contributed by atoms with Crippen molar-refractivity contribution in [3.63, 3.8) is 0 Å². The number of carbonyl (C=O) groups excluding carboxylic acids is 1. The van der Waals surface area contributed by atoms with E-state index < -0.39 is 0 Å². The number of nitrogens with zero attached hydrogens (tertiary/aromatic N) is 1. The summed E-state index contributed by atoms with van der Waals surface area (Å²) in [5.41, 5.74) is 1.95. The monoisotopic (exact) mass is 324 g/mol. The molecule has 1 saturated heterocycles. The van der Waals surface area contributed by atoms with Gasteiger partial charge in [-0.3, -0.25) is 4.79 Å². The fourth-order valence-corrected chi connectivity index (χ4v) is 2.86. The van der Waals surface area contributed by atoms with E-state index in [4.69, 9.17) is 9.47 Å². The normalized spacial score (nSPS) is 18.0. The zero-order valence-corrected chi connectivity index (χ0v) is 13.8. The van der Waals surface area contributed by atoms with Crippen LogP contribution in [0.25, 0.3) is 0 Å². The second-order valence-electron chi connectivity index (χ2n) is 5.83. The highest BCUT2D eigenvalue weighted by Crippen LogP contribution is 2.24. The van der Waals surface area contributed by atoms with Crippen molar-refractivity contribution in [2.75, 3.05) is 44.9 Å². The molecule has 6 heteroatoms. The molecule has 1 N–H and O–H groups in total. The molecule has 1 aromatic rings. The van der Waals surface area contributed by atoms with Crippen molar-refractivity contribution in [3.8, 4) is 0 Å². The molecule has 0 spiro atoms. The van der Waals surface area contributed by atoms with E-state index >= 15 is 0 Å². The lowest BCUT2D eigenvalue weighted by molar-refractivity contribution is -0.126. The van der Waals surface area contributed by atoms with Gasteiger partial charge < -0.3 is 19.7 Å². The van der Waals surface area contributed by atoms with E-state index in [9.17, 15) is 9.18 Å². The first-order valence-corrected chi connectivity index (χ1v) is 7.97. The number of anilines is 1. The number of carbonyl (C=O) groups is 1. The van der Waals surface area contributed by atoms with Gasteiger partial charge in [-0.2, -0.15) is 0 Å². The molecular formula is C17H25FN2O3. The highest BCUT2D eigenvalue weighted by atomic mass is 19.1.